The van der Waals surface area contributed by atoms with Crippen molar-refractivity contribution >= 4 is 5.78 Å². The molecule has 0 saturated heterocycles. The molecule has 2 rings (SSSR count). The van der Waals surface area contributed by atoms with Crippen molar-refractivity contribution in [2.75, 3.05) is 6.61 Å². The van der Waals surface area contributed by atoms with Gasteiger partial charge in [0.1, 0.15) is 11.6 Å². The largest absolute Gasteiger partial charge is 0.490 e. The van der Waals surface area contributed by atoms with Gasteiger partial charge in [-0.3, -0.25) is 4.79 Å². The molecule has 0 atom stereocenters. The number of benzene rings is 1. The second-order valence-corrected chi connectivity index (χ2v) is 3.86. The van der Waals surface area contributed by atoms with Gasteiger partial charge in [0.05, 0.1) is 6.61 Å². The molecule has 4 heteroatoms. The molecule has 1 heterocycles. The van der Waals surface area contributed by atoms with Crippen LogP contribution in [0.1, 0.15) is 18.4 Å². The second kappa shape index (κ2) is 5.08. The van der Waals surface area contributed by atoms with Crippen LogP contribution in [0.2, 0.25) is 0 Å². The Hall–Kier alpha value is -1.71. The highest BCUT2D eigenvalue weighted by Gasteiger charge is 2.18. The van der Waals surface area contributed by atoms with Crippen LogP contribution in [0.25, 0.3) is 0 Å². The summed E-state index contributed by atoms with van der Waals surface area (Å²) >= 11 is 0. The lowest BCUT2D eigenvalue weighted by atomic mass is 10.1. The van der Waals surface area contributed by atoms with Crippen LogP contribution in [0.5, 0.6) is 0 Å². The van der Waals surface area contributed by atoms with Crippen molar-refractivity contribution in [1.82, 2.24) is 0 Å². The quantitative estimate of drug-likeness (QED) is 0.809. The summed E-state index contributed by atoms with van der Waals surface area (Å²) in [6.07, 6.45) is 3.00. The SMILES string of the molecule is O=C(Cc1c(F)cccc1F)C1=CCCCO1. The number of hydrogen-bond donors (Lipinski definition) is 0. The van der Waals surface area contributed by atoms with Crippen molar-refractivity contribution in [3.05, 3.63) is 47.2 Å². The maximum absolute atomic E-state index is 13.3. The lowest BCUT2D eigenvalue weighted by Crippen LogP contribution is -2.14. The molecule has 2 nitrogen and oxygen atoms in total. The average Bonchev–Trinajstić information content (AvgIpc) is 2.35. The molecule has 1 aromatic carbocycles. The Morgan fingerprint density at radius 2 is 2.00 bits per heavy atom. The summed E-state index contributed by atoms with van der Waals surface area (Å²) in [4.78, 5) is 11.7. The Morgan fingerprint density at radius 1 is 1.29 bits per heavy atom. The number of hydrogen-bond acceptors (Lipinski definition) is 2. The van der Waals surface area contributed by atoms with Gasteiger partial charge in [-0.05, 0) is 31.1 Å². The molecule has 0 bridgehead atoms. The molecule has 0 aromatic heterocycles. The first-order valence-corrected chi connectivity index (χ1v) is 5.47. The molecule has 0 N–H and O–H groups in total. The summed E-state index contributed by atoms with van der Waals surface area (Å²) < 4.78 is 31.8. The predicted molar refractivity (Wildman–Crippen MR) is 58.3 cm³/mol. The number of ether oxygens (including phenoxy) is 1. The lowest BCUT2D eigenvalue weighted by molar-refractivity contribution is -0.118. The highest BCUT2D eigenvalue weighted by molar-refractivity contribution is 5.95. The molecule has 0 radical (unpaired) electrons. The molecule has 17 heavy (non-hydrogen) atoms. The predicted octanol–water partition coefficient (Wildman–Crippen LogP) is 2.77. The summed E-state index contributed by atoms with van der Waals surface area (Å²) in [5.74, 6) is -1.56. The van der Waals surface area contributed by atoms with Gasteiger partial charge in [0.25, 0.3) is 0 Å². The Kier molecular flexibility index (Phi) is 3.52. The minimum absolute atomic E-state index is 0.201. The monoisotopic (exact) mass is 238 g/mol. The van der Waals surface area contributed by atoms with Crippen LogP contribution in [-0.4, -0.2) is 12.4 Å². The smallest absolute Gasteiger partial charge is 0.201 e. The van der Waals surface area contributed by atoms with Crippen LogP contribution < -0.4 is 0 Å². The van der Waals surface area contributed by atoms with Crippen molar-refractivity contribution in [2.24, 2.45) is 0 Å². The number of carbonyl (C=O) groups is 1. The summed E-state index contributed by atoms with van der Waals surface area (Å²) in [7, 11) is 0. The zero-order valence-electron chi connectivity index (χ0n) is 9.21. The van der Waals surface area contributed by atoms with Gasteiger partial charge in [0, 0.05) is 12.0 Å². The topological polar surface area (TPSA) is 26.3 Å². The average molecular weight is 238 g/mol. The van der Waals surface area contributed by atoms with Crippen LogP contribution >= 0.6 is 0 Å². The fourth-order valence-electron chi connectivity index (χ4n) is 1.70. The molecule has 0 aliphatic carbocycles. The Labute approximate surface area is 97.9 Å². The van der Waals surface area contributed by atoms with Crippen LogP contribution in [0.3, 0.4) is 0 Å². The van der Waals surface area contributed by atoms with E-state index in [4.69, 9.17) is 4.74 Å². The van der Waals surface area contributed by atoms with E-state index in [1.165, 1.54) is 6.07 Å². The molecule has 0 fully saturated rings. The van der Waals surface area contributed by atoms with Gasteiger partial charge in [0.2, 0.25) is 5.78 Å². The van der Waals surface area contributed by atoms with Crippen LogP contribution in [0.4, 0.5) is 8.78 Å². The zero-order valence-corrected chi connectivity index (χ0v) is 9.21. The van der Waals surface area contributed by atoms with Crippen LogP contribution in [-0.2, 0) is 16.0 Å². The van der Waals surface area contributed by atoms with E-state index >= 15 is 0 Å². The molecule has 1 aliphatic rings. The van der Waals surface area contributed by atoms with Crippen LogP contribution in [0, 0.1) is 11.6 Å². The van der Waals surface area contributed by atoms with Gasteiger partial charge >= 0.3 is 0 Å². The highest BCUT2D eigenvalue weighted by atomic mass is 19.1. The Bertz CT molecular complexity index is 446. The number of Topliss-reactive ketones (excluding diaryl/α,β-unsaturated/α-hetero) is 1. The van der Waals surface area contributed by atoms with E-state index in [1.807, 2.05) is 0 Å². The second-order valence-electron chi connectivity index (χ2n) is 3.86. The fourth-order valence-corrected chi connectivity index (χ4v) is 1.70. The lowest BCUT2D eigenvalue weighted by Gasteiger charge is -2.14. The van der Waals surface area contributed by atoms with E-state index in [-0.39, 0.29) is 23.5 Å². The van der Waals surface area contributed by atoms with Crippen LogP contribution in [0.15, 0.2) is 30.0 Å². The summed E-state index contributed by atoms with van der Waals surface area (Å²) in [6, 6.07) is 3.55. The molecule has 0 unspecified atom stereocenters. The highest BCUT2D eigenvalue weighted by Crippen LogP contribution is 2.17. The number of rotatable bonds is 3. The summed E-state index contributed by atoms with van der Waals surface area (Å²) in [6.45, 7) is 0.483. The number of allylic oxidation sites excluding steroid dienone is 2. The van der Waals surface area contributed by atoms with Gasteiger partial charge in [-0.15, -0.1) is 0 Å². The first-order valence-electron chi connectivity index (χ1n) is 5.47. The van der Waals surface area contributed by atoms with Crippen molar-refractivity contribution in [2.45, 2.75) is 19.3 Å². The Morgan fingerprint density at radius 3 is 2.59 bits per heavy atom. The summed E-state index contributed by atoms with van der Waals surface area (Å²) in [5.41, 5.74) is -0.201. The van der Waals surface area contributed by atoms with Crippen molar-refractivity contribution < 1.29 is 18.3 Å². The third-order valence-electron chi connectivity index (χ3n) is 2.61. The van der Waals surface area contributed by atoms with E-state index < -0.39 is 11.6 Å². The van der Waals surface area contributed by atoms with E-state index in [9.17, 15) is 13.6 Å². The molecular formula is C13H12F2O2. The fraction of sp³-hybridized carbons (Fsp3) is 0.308. The minimum atomic E-state index is -0.699. The van der Waals surface area contributed by atoms with Gasteiger partial charge < -0.3 is 4.74 Å². The molecule has 0 spiro atoms. The standard InChI is InChI=1S/C13H12F2O2/c14-10-4-3-5-11(15)9(10)8-12(16)13-6-1-2-7-17-13/h3-6H,1-2,7-8H2. The number of ketones is 1. The van der Waals surface area contributed by atoms with Crippen molar-refractivity contribution in [1.29, 1.82) is 0 Å². The molecule has 0 amide bonds. The van der Waals surface area contributed by atoms with Gasteiger partial charge in [0.15, 0.2) is 5.76 Å². The Balaban J connectivity index is 2.15. The van der Waals surface area contributed by atoms with E-state index in [0.717, 1.165) is 25.0 Å². The maximum Gasteiger partial charge on any atom is 0.201 e. The normalized spacial score (nSPS) is 15.1. The van der Waals surface area contributed by atoms with Gasteiger partial charge in [-0.1, -0.05) is 6.07 Å². The number of halogens is 2. The van der Waals surface area contributed by atoms with Crippen molar-refractivity contribution in [3.8, 4) is 0 Å². The molecule has 90 valence electrons. The van der Waals surface area contributed by atoms with Gasteiger partial charge in [-0.25, -0.2) is 8.78 Å². The van der Waals surface area contributed by atoms with Gasteiger partial charge in [-0.2, -0.15) is 0 Å². The summed E-state index contributed by atoms with van der Waals surface area (Å²) in [5, 5.41) is 0. The first-order chi connectivity index (χ1) is 8.18. The maximum atomic E-state index is 13.3. The third-order valence-corrected chi connectivity index (χ3v) is 2.61. The van der Waals surface area contributed by atoms with E-state index in [1.54, 1.807) is 6.08 Å². The molecular weight excluding hydrogens is 226 g/mol. The number of carbonyl (C=O) groups excluding carboxylic acids is 1. The van der Waals surface area contributed by atoms with Crippen molar-refractivity contribution in [3.63, 3.8) is 0 Å². The molecule has 1 aliphatic heterocycles. The van der Waals surface area contributed by atoms with E-state index in [2.05, 4.69) is 0 Å². The van der Waals surface area contributed by atoms with E-state index in [0.29, 0.717) is 6.61 Å². The molecule has 1 aromatic rings. The first kappa shape index (κ1) is 11.8. The molecule has 0 saturated carbocycles. The third kappa shape index (κ3) is 2.70. The minimum Gasteiger partial charge on any atom is -0.490 e. The zero-order chi connectivity index (χ0) is 12.3.